The minimum atomic E-state index is -0.430. The number of fused-ring (bicyclic) bond motifs is 13. The summed E-state index contributed by atoms with van der Waals surface area (Å²) in [6, 6.07) is 78.1. The van der Waals surface area contributed by atoms with Crippen molar-refractivity contribution >= 4 is 21.5 Å². The summed E-state index contributed by atoms with van der Waals surface area (Å²) in [5.74, 6) is 0. The molecule has 264 valence electrons. The zero-order chi connectivity index (χ0) is 37.5. The fourth-order valence-electron chi connectivity index (χ4n) is 9.93. The van der Waals surface area contributed by atoms with Crippen molar-refractivity contribution in [3.8, 4) is 67.0 Å². The molecular weight excluding hydrogens is 687 g/mol. The van der Waals surface area contributed by atoms with Crippen molar-refractivity contribution in [3.05, 3.63) is 235 Å². The second kappa shape index (κ2) is 12.3. The van der Waals surface area contributed by atoms with Crippen molar-refractivity contribution < 1.29 is 0 Å². The Morgan fingerprint density at radius 3 is 1.63 bits per heavy atom. The average molecular weight is 722 g/mol. The SMILES string of the molecule is c1ccc(-c2cccc(-c3cc(-c4ccc5c(c4)-c4ccccc4C54c5ccccc5-c5ccc6ccccc6c54)nc(-c4ccc5ccccc5c4)c3)c2)cc1. The van der Waals surface area contributed by atoms with Crippen LogP contribution in [0.2, 0.25) is 0 Å². The van der Waals surface area contributed by atoms with E-state index in [-0.39, 0.29) is 0 Å². The molecule has 0 aliphatic heterocycles. The Hall–Kier alpha value is -7.35. The minimum absolute atomic E-state index is 0.430. The smallest absolute Gasteiger partial charge is 0.0731 e. The van der Waals surface area contributed by atoms with Crippen molar-refractivity contribution in [2.75, 3.05) is 0 Å². The van der Waals surface area contributed by atoms with Gasteiger partial charge in [-0.15, -0.1) is 0 Å². The topological polar surface area (TPSA) is 12.9 Å². The first-order chi connectivity index (χ1) is 28.2. The summed E-state index contributed by atoms with van der Waals surface area (Å²) in [5.41, 5.74) is 19.0. The van der Waals surface area contributed by atoms with Crippen LogP contribution in [0.4, 0.5) is 0 Å². The molecule has 1 spiro atoms. The third kappa shape index (κ3) is 4.73. The Kier molecular flexibility index (Phi) is 6.91. The zero-order valence-corrected chi connectivity index (χ0v) is 31.2. The highest BCUT2D eigenvalue weighted by Crippen LogP contribution is 2.64. The molecule has 57 heavy (non-hydrogen) atoms. The molecule has 9 aromatic carbocycles. The van der Waals surface area contributed by atoms with Crippen molar-refractivity contribution in [2.24, 2.45) is 0 Å². The summed E-state index contributed by atoms with van der Waals surface area (Å²) in [7, 11) is 0. The van der Waals surface area contributed by atoms with Crippen molar-refractivity contribution in [2.45, 2.75) is 5.41 Å². The lowest BCUT2D eigenvalue weighted by Crippen LogP contribution is -2.26. The molecule has 0 N–H and O–H groups in total. The molecule has 1 heterocycles. The summed E-state index contributed by atoms with van der Waals surface area (Å²) >= 11 is 0. The maximum absolute atomic E-state index is 5.47. The van der Waals surface area contributed by atoms with Gasteiger partial charge in [-0.3, -0.25) is 0 Å². The second-order valence-corrected chi connectivity index (χ2v) is 15.4. The molecule has 0 bridgehead atoms. The molecule has 2 aliphatic carbocycles. The Labute approximate surface area is 332 Å². The maximum atomic E-state index is 5.47. The van der Waals surface area contributed by atoms with Crippen LogP contribution in [-0.4, -0.2) is 4.98 Å². The van der Waals surface area contributed by atoms with E-state index >= 15 is 0 Å². The van der Waals surface area contributed by atoms with Crippen LogP contribution >= 0.6 is 0 Å². The highest BCUT2D eigenvalue weighted by molar-refractivity contribution is 6.04. The standard InChI is InChI=1S/C56H35N/c1-2-13-36(14-3-1)40-18-12-19-41(31-40)44-34-53(42-26-25-37-15-4-5-17-39(37)32-42)57-54(35-44)43-28-30-52-49(33-43)47-22-9-11-24-51(47)56(52)50-23-10-8-21-46(50)48-29-27-38-16-6-7-20-45(38)55(48)56/h1-35H. The number of benzene rings is 9. The number of nitrogens with zero attached hydrogens (tertiary/aromatic N) is 1. The van der Waals surface area contributed by atoms with Gasteiger partial charge in [0, 0.05) is 11.1 Å². The molecule has 0 fully saturated rings. The average Bonchev–Trinajstić information content (AvgIpc) is 3.76. The van der Waals surface area contributed by atoms with Crippen molar-refractivity contribution in [3.63, 3.8) is 0 Å². The van der Waals surface area contributed by atoms with E-state index in [1.54, 1.807) is 0 Å². The van der Waals surface area contributed by atoms with E-state index in [4.69, 9.17) is 4.98 Å². The van der Waals surface area contributed by atoms with Crippen LogP contribution in [0.1, 0.15) is 22.3 Å². The first-order valence-corrected chi connectivity index (χ1v) is 19.8. The van der Waals surface area contributed by atoms with Gasteiger partial charge in [-0.05, 0) is 119 Å². The Balaban J connectivity index is 1.09. The van der Waals surface area contributed by atoms with Gasteiger partial charge in [0.25, 0.3) is 0 Å². The normalized spacial score (nSPS) is 14.7. The fraction of sp³-hybridized carbons (Fsp3) is 0.0179. The molecule has 12 rings (SSSR count). The molecule has 0 saturated heterocycles. The quantitative estimate of drug-likeness (QED) is 0.176. The van der Waals surface area contributed by atoms with Gasteiger partial charge in [0.15, 0.2) is 0 Å². The molecule has 0 saturated carbocycles. The van der Waals surface area contributed by atoms with Crippen LogP contribution in [0.15, 0.2) is 212 Å². The molecule has 1 nitrogen and oxygen atoms in total. The van der Waals surface area contributed by atoms with E-state index in [0.29, 0.717) is 0 Å². The highest BCUT2D eigenvalue weighted by atomic mass is 14.7. The summed E-state index contributed by atoms with van der Waals surface area (Å²) in [4.78, 5) is 5.47. The summed E-state index contributed by atoms with van der Waals surface area (Å²) in [6.45, 7) is 0. The van der Waals surface area contributed by atoms with Crippen LogP contribution in [0.5, 0.6) is 0 Å². The zero-order valence-electron chi connectivity index (χ0n) is 31.2. The summed E-state index contributed by atoms with van der Waals surface area (Å²) < 4.78 is 0. The van der Waals surface area contributed by atoms with Crippen LogP contribution < -0.4 is 0 Å². The third-order valence-electron chi connectivity index (χ3n) is 12.4. The third-order valence-corrected chi connectivity index (χ3v) is 12.4. The fourth-order valence-corrected chi connectivity index (χ4v) is 9.93. The molecule has 0 radical (unpaired) electrons. The maximum Gasteiger partial charge on any atom is 0.0731 e. The first kappa shape index (κ1) is 31.9. The molecular formula is C56H35N. The molecule has 1 atom stereocenters. The van der Waals surface area contributed by atoms with E-state index in [0.717, 1.165) is 28.1 Å². The van der Waals surface area contributed by atoms with E-state index in [1.807, 2.05) is 0 Å². The van der Waals surface area contributed by atoms with Gasteiger partial charge >= 0.3 is 0 Å². The van der Waals surface area contributed by atoms with E-state index in [1.165, 1.54) is 82.7 Å². The lowest BCUT2D eigenvalue weighted by Gasteiger charge is -2.31. The van der Waals surface area contributed by atoms with Gasteiger partial charge in [0.2, 0.25) is 0 Å². The van der Waals surface area contributed by atoms with E-state index < -0.39 is 5.41 Å². The number of hydrogen-bond acceptors (Lipinski definition) is 1. The first-order valence-electron chi connectivity index (χ1n) is 19.8. The Morgan fingerprint density at radius 2 is 0.842 bits per heavy atom. The lowest BCUT2D eigenvalue weighted by molar-refractivity contribution is 0.801. The van der Waals surface area contributed by atoms with Crippen LogP contribution in [0.3, 0.4) is 0 Å². The minimum Gasteiger partial charge on any atom is -0.248 e. The van der Waals surface area contributed by atoms with Crippen LogP contribution in [0, 0.1) is 0 Å². The van der Waals surface area contributed by atoms with Gasteiger partial charge in [0.05, 0.1) is 16.8 Å². The van der Waals surface area contributed by atoms with Gasteiger partial charge in [-0.1, -0.05) is 182 Å². The van der Waals surface area contributed by atoms with Gasteiger partial charge < -0.3 is 0 Å². The molecule has 0 amide bonds. The number of hydrogen-bond donors (Lipinski definition) is 0. The van der Waals surface area contributed by atoms with Crippen LogP contribution in [0.25, 0.3) is 88.6 Å². The van der Waals surface area contributed by atoms with Crippen molar-refractivity contribution in [1.82, 2.24) is 4.98 Å². The van der Waals surface area contributed by atoms with Gasteiger partial charge in [0.1, 0.15) is 0 Å². The molecule has 10 aromatic rings. The number of aromatic nitrogens is 1. The molecule has 1 unspecified atom stereocenters. The summed E-state index contributed by atoms with van der Waals surface area (Å²) in [5, 5.41) is 5.01. The Bertz CT molecular complexity index is 3250. The Morgan fingerprint density at radius 1 is 0.281 bits per heavy atom. The summed E-state index contributed by atoms with van der Waals surface area (Å²) in [6.07, 6.45) is 0. The number of rotatable bonds is 4. The monoisotopic (exact) mass is 721 g/mol. The van der Waals surface area contributed by atoms with Gasteiger partial charge in [-0.2, -0.15) is 0 Å². The number of pyridine rings is 1. The lowest BCUT2D eigenvalue weighted by atomic mass is 9.69. The predicted octanol–water partition coefficient (Wildman–Crippen LogP) is 14.4. The van der Waals surface area contributed by atoms with Gasteiger partial charge in [-0.25, -0.2) is 4.98 Å². The predicted molar refractivity (Wildman–Crippen MR) is 237 cm³/mol. The molecule has 1 aromatic heterocycles. The van der Waals surface area contributed by atoms with Crippen LogP contribution in [-0.2, 0) is 5.41 Å². The van der Waals surface area contributed by atoms with E-state index in [2.05, 4.69) is 212 Å². The molecule has 2 aliphatic rings. The second-order valence-electron chi connectivity index (χ2n) is 15.4. The highest BCUT2D eigenvalue weighted by Gasteiger charge is 2.52. The van der Waals surface area contributed by atoms with Crippen molar-refractivity contribution in [1.29, 1.82) is 0 Å². The largest absolute Gasteiger partial charge is 0.248 e. The van der Waals surface area contributed by atoms with E-state index in [9.17, 15) is 0 Å². The molecule has 1 heteroatoms.